The number of hydrogen-bond donors (Lipinski definition) is 2. The molecule has 0 saturated heterocycles. The van der Waals surface area contributed by atoms with Crippen LogP contribution in [0.15, 0.2) is 48.5 Å². The van der Waals surface area contributed by atoms with Gasteiger partial charge in [-0.3, -0.25) is 4.79 Å². The quantitative estimate of drug-likeness (QED) is 0.802. The molecular formula is C13H11NO2. The van der Waals surface area contributed by atoms with Crippen LogP contribution in [0.1, 0.15) is 10.4 Å². The summed E-state index contributed by atoms with van der Waals surface area (Å²) in [6, 6.07) is 13.9. The second-order valence-corrected chi connectivity index (χ2v) is 3.43. The Morgan fingerprint density at radius 1 is 1.00 bits per heavy atom. The summed E-state index contributed by atoms with van der Waals surface area (Å²) in [6.45, 7) is 0. The molecule has 2 aromatic carbocycles. The molecule has 0 aliphatic rings. The monoisotopic (exact) mass is 213 g/mol. The zero-order valence-corrected chi connectivity index (χ0v) is 8.55. The molecule has 0 aromatic heterocycles. The summed E-state index contributed by atoms with van der Waals surface area (Å²) in [4.78, 5) is 11.3. The molecule has 0 fully saturated rings. The summed E-state index contributed by atoms with van der Waals surface area (Å²) in [5, 5.41) is 9.79. The molecule has 16 heavy (non-hydrogen) atoms. The highest BCUT2D eigenvalue weighted by Crippen LogP contribution is 2.31. The molecule has 2 aromatic rings. The molecule has 0 heterocycles. The van der Waals surface area contributed by atoms with E-state index in [0.29, 0.717) is 11.1 Å². The number of phenolic OH excluding ortho intramolecular Hbond substituents is 1. The van der Waals surface area contributed by atoms with Gasteiger partial charge in [-0.1, -0.05) is 36.4 Å². The predicted molar refractivity (Wildman–Crippen MR) is 62.1 cm³/mol. The van der Waals surface area contributed by atoms with Gasteiger partial charge in [-0.05, 0) is 17.7 Å². The average molecular weight is 213 g/mol. The SMILES string of the molecule is NC(=O)c1cccc(O)c1-c1ccccc1. The van der Waals surface area contributed by atoms with Gasteiger partial charge in [0.15, 0.2) is 0 Å². The molecular weight excluding hydrogens is 202 g/mol. The number of carbonyl (C=O) groups excluding carboxylic acids is 1. The Labute approximate surface area is 93.1 Å². The van der Waals surface area contributed by atoms with Gasteiger partial charge < -0.3 is 10.8 Å². The maximum Gasteiger partial charge on any atom is 0.249 e. The van der Waals surface area contributed by atoms with E-state index in [1.165, 1.54) is 6.07 Å². The van der Waals surface area contributed by atoms with Crippen molar-refractivity contribution in [1.29, 1.82) is 0 Å². The summed E-state index contributed by atoms with van der Waals surface area (Å²) < 4.78 is 0. The molecule has 0 unspecified atom stereocenters. The number of hydrogen-bond acceptors (Lipinski definition) is 2. The summed E-state index contributed by atoms with van der Waals surface area (Å²) in [6.07, 6.45) is 0. The lowest BCUT2D eigenvalue weighted by molar-refractivity contribution is 0.100. The molecule has 0 aliphatic heterocycles. The lowest BCUT2D eigenvalue weighted by Gasteiger charge is -2.08. The molecule has 80 valence electrons. The standard InChI is InChI=1S/C13H11NO2/c14-13(16)10-7-4-8-11(15)12(10)9-5-2-1-3-6-9/h1-8,15H,(H2,14,16). The Morgan fingerprint density at radius 3 is 2.31 bits per heavy atom. The van der Waals surface area contributed by atoms with Crippen LogP contribution in [0.25, 0.3) is 11.1 Å². The maximum absolute atomic E-state index is 11.3. The third kappa shape index (κ3) is 1.75. The lowest BCUT2D eigenvalue weighted by Crippen LogP contribution is -2.12. The Morgan fingerprint density at radius 2 is 1.69 bits per heavy atom. The average Bonchev–Trinajstić information content (AvgIpc) is 2.29. The van der Waals surface area contributed by atoms with E-state index < -0.39 is 5.91 Å². The smallest absolute Gasteiger partial charge is 0.249 e. The van der Waals surface area contributed by atoms with Gasteiger partial charge in [-0.15, -0.1) is 0 Å². The number of aromatic hydroxyl groups is 1. The van der Waals surface area contributed by atoms with Gasteiger partial charge in [0.2, 0.25) is 5.91 Å². The minimum absolute atomic E-state index is 0.0579. The van der Waals surface area contributed by atoms with Crippen molar-refractivity contribution in [2.75, 3.05) is 0 Å². The topological polar surface area (TPSA) is 63.3 Å². The van der Waals surface area contributed by atoms with E-state index >= 15 is 0 Å². The highest BCUT2D eigenvalue weighted by atomic mass is 16.3. The first-order valence-corrected chi connectivity index (χ1v) is 4.87. The van der Waals surface area contributed by atoms with Gasteiger partial charge in [0.25, 0.3) is 0 Å². The van der Waals surface area contributed by atoms with Crippen LogP contribution >= 0.6 is 0 Å². The normalized spacial score (nSPS) is 10.0. The van der Waals surface area contributed by atoms with Crippen LogP contribution in [0.2, 0.25) is 0 Å². The first kappa shape index (κ1) is 10.2. The van der Waals surface area contributed by atoms with Gasteiger partial charge in [-0.2, -0.15) is 0 Å². The van der Waals surface area contributed by atoms with Crippen molar-refractivity contribution in [2.45, 2.75) is 0 Å². The molecule has 0 aliphatic carbocycles. The van der Waals surface area contributed by atoms with E-state index in [-0.39, 0.29) is 5.75 Å². The number of rotatable bonds is 2. The second kappa shape index (κ2) is 4.06. The molecule has 0 radical (unpaired) electrons. The number of nitrogens with two attached hydrogens (primary N) is 1. The number of primary amides is 1. The van der Waals surface area contributed by atoms with Crippen LogP contribution in [-0.2, 0) is 0 Å². The summed E-state index contributed by atoms with van der Waals surface area (Å²) in [5.41, 5.74) is 6.85. The van der Waals surface area contributed by atoms with Crippen molar-refractivity contribution < 1.29 is 9.90 Å². The van der Waals surface area contributed by atoms with Gasteiger partial charge in [0.05, 0.1) is 5.56 Å². The largest absolute Gasteiger partial charge is 0.507 e. The minimum atomic E-state index is -0.547. The molecule has 3 nitrogen and oxygen atoms in total. The van der Waals surface area contributed by atoms with E-state index in [0.717, 1.165) is 5.56 Å². The number of carbonyl (C=O) groups is 1. The first-order valence-electron chi connectivity index (χ1n) is 4.87. The van der Waals surface area contributed by atoms with Crippen molar-refractivity contribution >= 4 is 5.91 Å². The van der Waals surface area contributed by atoms with Crippen LogP contribution in [0.4, 0.5) is 0 Å². The van der Waals surface area contributed by atoms with Crippen molar-refractivity contribution in [3.63, 3.8) is 0 Å². The van der Waals surface area contributed by atoms with Crippen LogP contribution in [0, 0.1) is 0 Å². The third-order valence-electron chi connectivity index (χ3n) is 2.37. The van der Waals surface area contributed by atoms with Gasteiger partial charge >= 0.3 is 0 Å². The van der Waals surface area contributed by atoms with Gasteiger partial charge in [0, 0.05) is 5.56 Å². The van der Waals surface area contributed by atoms with E-state index in [4.69, 9.17) is 5.73 Å². The van der Waals surface area contributed by atoms with Crippen LogP contribution in [0.3, 0.4) is 0 Å². The van der Waals surface area contributed by atoms with Crippen LogP contribution < -0.4 is 5.73 Å². The molecule has 0 atom stereocenters. The highest BCUT2D eigenvalue weighted by Gasteiger charge is 2.13. The maximum atomic E-state index is 11.3. The Hall–Kier alpha value is -2.29. The fraction of sp³-hybridized carbons (Fsp3) is 0. The fourth-order valence-electron chi connectivity index (χ4n) is 1.65. The predicted octanol–water partition coefficient (Wildman–Crippen LogP) is 2.16. The lowest BCUT2D eigenvalue weighted by atomic mass is 9.98. The summed E-state index contributed by atoms with van der Waals surface area (Å²) >= 11 is 0. The summed E-state index contributed by atoms with van der Waals surface area (Å²) in [5.74, 6) is -0.489. The zero-order chi connectivity index (χ0) is 11.5. The Kier molecular flexibility index (Phi) is 2.60. The van der Waals surface area contributed by atoms with E-state index in [9.17, 15) is 9.90 Å². The Balaban J connectivity index is 2.68. The van der Waals surface area contributed by atoms with E-state index in [1.54, 1.807) is 12.1 Å². The minimum Gasteiger partial charge on any atom is -0.507 e. The number of amides is 1. The molecule has 1 amide bonds. The number of phenols is 1. The highest BCUT2D eigenvalue weighted by molar-refractivity contribution is 6.01. The summed E-state index contributed by atoms with van der Waals surface area (Å²) in [7, 11) is 0. The zero-order valence-electron chi connectivity index (χ0n) is 8.55. The Bertz CT molecular complexity index is 521. The van der Waals surface area contributed by atoms with Crippen molar-refractivity contribution in [1.82, 2.24) is 0 Å². The third-order valence-corrected chi connectivity index (χ3v) is 2.37. The molecule has 0 saturated carbocycles. The molecule has 0 bridgehead atoms. The second-order valence-electron chi connectivity index (χ2n) is 3.43. The molecule has 0 spiro atoms. The van der Waals surface area contributed by atoms with Crippen molar-refractivity contribution in [2.24, 2.45) is 5.73 Å². The van der Waals surface area contributed by atoms with Gasteiger partial charge in [0.1, 0.15) is 5.75 Å². The molecule has 2 rings (SSSR count). The van der Waals surface area contributed by atoms with Crippen LogP contribution in [0.5, 0.6) is 5.75 Å². The molecule has 3 N–H and O–H groups in total. The van der Waals surface area contributed by atoms with E-state index in [2.05, 4.69) is 0 Å². The van der Waals surface area contributed by atoms with E-state index in [1.807, 2.05) is 30.3 Å². The van der Waals surface area contributed by atoms with Crippen LogP contribution in [-0.4, -0.2) is 11.0 Å². The fourth-order valence-corrected chi connectivity index (χ4v) is 1.65. The van der Waals surface area contributed by atoms with Gasteiger partial charge in [-0.25, -0.2) is 0 Å². The molecule has 3 heteroatoms. The van der Waals surface area contributed by atoms with Crippen molar-refractivity contribution in [3.05, 3.63) is 54.1 Å². The first-order chi connectivity index (χ1) is 7.70. The van der Waals surface area contributed by atoms with Crippen molar-refractivity contribution in [3.8, 4) is 16.9 Å². The number of benzene rings is 2.